The van der Waals surface area contributed by atoms with Crippen molar-refractivity contribution >= 4 is 23.3 Å². The Bertz CT molecular complexity index is 1370. The number of nitrogens with zero attached hydrogens (tertiary/aromatic N) is 1. The molecule has 8 nitrogen and oxygen atoms in total. The largest absolute Gasteiger partial charge is 0.497 e. The maximum absolute atomic E-state index is 14.0. The van der Waals surface area contributed by atoms with Gasteiger partial charge in [0, 0.05) is 17.3 Å². The summed E-state index contributed by atoms with van der Waals surface area (Å²) in [5.41, 5.74) is 2.64. The number of ether oxygens (including phenoxy) is 3. The fourth-order valence-electron chi connectivity index (χ4n) is 5.34. The van der Waals surface area contributed by atoms with Crippen LogP contribution in [0.5, 0.6) is 17.2 Å². The quantitative estimate of drug-likeness (QED) is 0.476. The molecule has 3 aromatic carbocycles. The van der Waals surface area contributed by atoms with Gasteiger partial charge in [0.1, 0.15) is 11.7 Å². The first-order chi connectivity index (χ1) is 17.8. The molecular weight excluding hydrogens is 470 g/mol. The summed E-state index contributed by atoms with van der Waals surface area (Å²) in [6, 6.07) is 17.5. The van der Waals surface area contributed by atoms with Crippen LogP contribution in [0.1, 0.15) is 36.6 Å². The van der Waals surface area contributed by atoms with Crippen molar-refractivity contribution in [2.45, 2.75) is 39.5 Å². The number of para-hydroxylation sites is 1. The zero-order valence-electron chi connectivity index (χ0n) is 21.6. The topological polar surface area (TPSA) is 89.1 Å². The first kappa shape index (κ1) is 24.5. The molecule has 1 fully saturated rings. The van der Waals surface area contributed by atoms with Gasteiger partial charge in [0.2, 0.25) is 11.6 Å². The SMILES string of the molecule is CCOc1cccc2c1O[C@]1(C)[C@H](C(=O)Nc3ccc(C)cc3C)[C@@H]2NC(=O)N1c1cccc(OC)c1. The van der Waals surface area contributed by atoms with Crippen LogP contribution in [0.2, 0.25) is 0 Å². The molecule has 3 aromatic rings. The Hall–Kier alpha value is -4.20. The smallest absolute Gasteiger partial charge is 0.325 e. The predicted molar refractivity (Wildman–Crippen MR) is 141 cm³/mol. The van der Waals surface area contributed by atoms with Gasteiger partial charge < -0.3 is 24.8 Å². The second-order valence-electron chi connectivity index (χ2n) is 9.51. The second-order valence-corrected chi connectivity index (χ2v) is 9.51. The molecule has 0 aromatic heterocycles. The van der Waals surface area contributed by atoms with Gasteiger partial charge in [-0.05, 0) is 57.5 Å². The van der Waals surface area contributed by atoms with Crippen molar-refractivity contribution in [1.82, 2.24) is 5.32 Å². The lowest BCUT2D eigenvalue weighted by Crippen LogP contribution is -2.72. The van der Waals surface area contributed by atoms with Crippen LogP contribution < -0.4 is 29.7 Å². The number of hydrogen-bond donors (Lipinski definition) is 2. The number of anilines is 2. The Morgan fingerprint density at radius 3 is 2.65 bits per heavy atom. The van der Waals surface area contributed by atoms with Gasteiger partial charge in [-0.15, -0.1) is 0 Å². The minimum atomic E-state index is -1.37. The molecule has 192 valence electrons. The molecule has 1 saturated heterocycles. The monoisotopic (exact) mass is 501 g/mol. The number of carbonyl (C=O) groups excluding carboxylic acids is 2. The van der Waals surface area contributed by atoms with Crippen LogP contribution in [0.15, 0.2) is 60.7 Å². The number of amides is 3. The fraction of sp³-hybridized carbons (Fsp3) is 0.310. The van der Waals surface area contributed by atoms with E-state index in [1.165, 1.54) is 4.90 Å². The molecule has 2 aliphatic rings. The average molecular weight is 502 g/mol. The maximum atomic E-state index is 14.0. The van der Waals surface area contributed by atoms with Gasteiger partial charge in [-0.3, -0.25) is 9.69 Å². The van der Waals surface area contributed by atoms with Gasteiger partial charge in [-0.1, -0.05) is 35.9 Å². The normalized spacial score (nSPS) is 21.9. The number of fused-ring (bicyclic) bond motifs is 4. The molecule has 3 amide bonds. The molecule has 2 aliphatic heterocycles. The highest BCUT2D eigenvalue weighted by molar-refractivity contribution is 6.02. The summed E-state index contributed by atoms with van der Waals surface area (Å²) in [5.74, 6) is 0.603. The molecule has 0 saturated carbocycles. The minimum absolute atomic E-state index is 0.264. The van der Waals surface area contributed by atoms with E-state index in [9.17, 15) is 9.59 Å². The molecule has 5 rings (SSSR count). The second kappa shape index (κ2) is 9.35. The number of aryl methyl sites for hydroxylation is 2. The van der Waals surface area contributed by atoms with Crippen LogP contribution in [0.4, 0.5) is 16.2 Å². The Kier molecular flexibility index (Phi) is 6.19. The lowest BCUT2D eigenvalue weighted by atomic mass is 9.78. The number of carbonyl (C=O) groups is 2. The van der Waals surface area contributed by atoms with Crippen molar-refractivity contribution < 1.29 is 23.8 Å². The Morgan fingerprint density at radius 2 is 1.92 bits per heavy atom. The summed E-state index contributed by atoms with van der Waals surface area (Å²) < 4.78 is 17.9. The summed E-state index contributed by atoms with van der Waals surface area (Å²) in [7, 11) is 1.56. The van der Waals surface area contributed by atoms with E-state index in [0.29, 0.717) is 40.8 Å². The van der Waals surface area contributed by atoms with Crippen LogP contribution >= 0.6 is 0 Å². The van der Waals surface area contributed by atoms with Gasteiger partial charge in [0.15, 0.2) is 11.5 Å². The Morgan fingerprint density at radius 1 is 1.14 bits per heavy atom. The van der Waals surface area contributed by atoms with Crippen molar-refractivity contribution in [1.29, 1.82) is 0 Å². The molecule has 0 unspecified atom stereocenters. The van der Waals surface area contributed by atoms with E-state index >= 15 is 0 Å². The van der Waals surface area contributed by atoms with E-state index in [1.54, 1.807) is 38.3 Å². The number of benzene rings is 3. The van der Waals surface area contributed by atoms with E-state index in [1.807, 2.05) is 57.2 Å². The van der Waals surface area contributed by atoms with Crippen molar-refractivity contribution in [3.63, 3.8) is 0 Å². The van der Waals surface area contributed by atoms with Crippen molar-refractivity contribution in [2.75, 3.05) is 23.9 Å². The van der Waals surface area contributed by atoms with E-state index in [0.717, 1.165) is 11.1 Å². The highest BCUT2D eigenvalue weighted by atomic mass is 16.5. The molecule has 2 heterocycles. The first-order valence-corrected chi connectivity index (χ1v) is 12.3. The molecule has 3 atom stereocenters. The predicted octanol–water partition coefficient (Wildman–Crippen LogP) is 5.35. The molecule has 0 aliphatic carbocycles. The summed E-state index contributed by atoms with van der Waals surface area (Å²) in [6.07, 6.45) is 0. The highest BCUT2D eigenvalue weighted by Crippen LogP contribution is 2.52. The summed E-state index contributed by atoms with van der Waals surface area (Å²) in [4.78, 5) is 29.1. The standard InChI is InChI=1S/C29H31N3O5/c1-6-36-23-12-8-11-21-25-24(27(33)30-22-14-13-17(2)15-18(22)3)29(4,37-26(21)23)32(28(34)31-25)19-9-7-10-20(16-19)35-5/h7-16,24-25H,6H2,1-5H3,(H,30,33)(H,31,34)/t24-,25+,29+/m0/s1. The number of nitrogens with one attached hydrogen (secondary N) is 2. The molecule has 37 heavy (non-hydrogen) atoms. The number of hydrogen-bond acceptors (Lipinski definition) is 5. The van der Waals surface area contributed by atoms with Gasteiger partial charge in [-0.2, -0.15) is 0 Å². The van der Waals surface area contributed by atoms with Crippen LogP contribution in [-0.4, -0.2) is 31.4 Å². The summed E-state index contributed by atoms with van der Waals surface area (Å²) in [5, 5.41) is 6.16. The third kappa shape index (κ3) is 4.12. The van der Waals surface area contributed by atoms with Crippen LogP contribution in [0.3, 0.4) is 0 Å². The van der Waals surface area contributed by atoms with Crippen LogP contribution in [0, 0.1) is 19.8 Å². The lowest BCUT2D eigenvalue weighted by molar-refractivity contribution is -0.131. The Balaban J connectivity index is 1.65. The molecule has 8 heteroatoms. The first-order valence-electron chi connectivity index (χ1n) is 12.3. The minimum Gasteiger partial charge on any atom is -0.497 e. The van der Waals surface area contributed by atoms with Crippen molar-refractivity contribution in [3.8, 4) is 17.2 Å². The summed E-state index contributed by atoms with van der Waals surface area (Å²) >= 11 is 0. The van der Waals surface area contributed by atoms with E-state index in [-0.39, 0.29) is 11.9 Å². The van der Waals surface area contributed by atoms with Crippen molar-refractivity contribution in [3.05, 3.63) is 77.4 Å². The van der Waals surface area contributed by atoms with Gasteiger partial charge >= 0.3 is 6.03 Å². The number of rotatable bonds is 6. The molecular formula is C29H31N3O5. The zero-order chi connectivity index (χ0) is 26.3. The zero-order valence-corrected chi connectivity index (χ0v) is 21.6. The Labute approximate surface area is 216 Å². The van der Waals surface area contributed by atoms with E-state index < -0.39 is 17.7 Å². The molecule has 0 spiro atoms. The van der Waals surface area contributed by atoms with E-state index in [2.05, 4.69) is 10.6 Å². The third-order valence-corrected chi connectivity index (χ3v) is 7.02. The average Bonchev–Trinajstić information content (AvgIpc) is 2.86. The van der Waals surface area contributed by atoms with Gasteiger partial charge in [0.05, 0.1) is 25.4 Å². The third-order valence-electron chi connectivity index (χ3n) is 7.02. The molecule has 2 N–H and O–H groups in total. The molecule has 2 bridgehead atoms. The van der Waals surface area contributed by atoms with Crippen LogP contribution in [-0.2, 0) is 4.79 Å². The lowest BCUT2D eigenvalue weighted by Gasteiger charge is -2.54. The van der Waals surface area contributed by atoms with Gasteiger partial charge in [-0.25, -0.2) is 4.79 Å². The van der Waals surface area contributed by atoms with E-state index in [4.69, 9.17) is 14.2 Å². The number of urea groups is 1. The van der Waals surface area contributed by atoms with Crippen molar-refractivity contribution in [2.24, 2.45) is 5.92 Å². The summed E-state index contributed by atoms with van der Waals surface area (Å²) in [6.45, 7) is 8.08. The molecule has 0 radical (unpaired) electrons. The number of methoxy groups -OCH3 is 1. The van der Waals surface area contributed by atoms with Gasteiger partial charge in [0.25, 0.3) is 0 Å². The maximum Gasteiger partial charge on any atom is 0.325 e. The fourth-order valence-corrected chi connectivity index (χ4v) is 5.34. The van der Waals surface area contributed by atoms with Crippen LogP contribution in [0.25, 0.3) is 0 Å². The highest BCUT2D eigenvalue weighted by Gasteiger charge is 2.60.